The first-order valence-corrected chi connectivity index (χ1v) is 11.7. The Hall–Kier alpha value is -2.37. The van der Waals surface area contributed by atoms with E-state index in [1.807, 2.05) is 24.3 Å². The molecule has 1 N–H and O–H groups in total. The molecule has 2 aromatic rings. The normalized spacial score (nSPS) is 34.5. The van der Waals surface area contributed by atoms with Gasteiger partial charge in [0.1, 0.15) is 0 Å². The van der Waals surface area contributed by atoms with E-state index in [0.717, 1.165) is 17.7 Å². The number of hydrogen-bond acceptors (Lipinski definition) is 5. The number of aliphatic hydroxyl groups is 1. The molecular weight excluding hydrogens is 402 g/mol. The van der Waals surface area contributed by atoms with Crippen molar-refractivity contribution in [2.45, 2.75) is 62.7 Å². The zero-order valence-corrected chi connectivity index (χ0v) is 19.3. The molecule has 168 valence electrons. The first-order valence-electron chi connectivity index (χ1n) is 11.7. The SMILES string of the molecule is COc1ccc(C)c2c1OC1C(=O)C3(Cc4ccccc4C3)CC3(O)[C@@H](C)N(C)CC[C@]213. The summed E-state index contributed by atoms with van der Waals surface area (Å²) in [5.41, 5.74) is 1.98. The minimum atomic E-state index is -1.09. The van der Waals surface area contributed by atoms with E-state index in [2.05, 4.69) is 37.9 Å². The predicted molar refractivity (Wildman–Crippen MR) is 121 cm³/mol. The minimum absolute atomic E-state index is 0.104. The van der Waals surface area contributed by atoms with Crippen molar-refractivity contribution in [3.05, 3.63) is 58.7 Å². The average Bonchev–Trinajstić information content (AvgIpc) is 3.33. The summed E-state index contributed by atoms with van der Waals surface area (Å²) in [5.74, 6) is 1.43. The molecule has 5 heteroatoms. The van der Waals surface area contributed by atoms with Crippen LogP contribution in [-0.4, -0.2) is 54.2 Å². The van der Waals surface area contributed by atoms with E-state index in [1.54, 1.807) is 7.11 Å². The lowest BCUT2D eigenvalue weighted by molar-refractivity contribution is -0.200. The fourth-order valence-electron chi connectivity index (χ4n) is 7.50. The van der Waals surface area contributed by atoms with Crippen molar-refractivity contribution in [3.8, 4) is 11.5 Å². The predicted octanol–water partition coefficient (Wildman–Crippen LogP) is 3.22. The van der Waals surface area contributed by atoms with Crippen molar-refractivity contribution in [2.24, 2.45) is 5.41 Å². The van der Waals surface area contributed by atoms with Crippen LogP contribution in [-0.2, 0) is 23.1 Å². The van der Waals surface area contributed by atoms with Crippen molar-refractivity contribution < 1.29 is 19.4 Å². The third-order valence-corrected chi connectivity index (χ3v) is 9.21. The third kappa shape index (κ3) is 2.19. The molecule has 0 bridgehead atoms. The Morgan fingerprint density at radius 2 is 1.84 bits per heavy atom. The molecule has 2 unspecified atom stereocenters. The van der Waals surface area contributed by atoms with Crippen molar-refractivity contribution in [1.82, 2.24) is 4.90 Å². The Kier molecular flexibility index (Phi) is 4.02. The van der Waals surface area contributed by atoms with E-state index < -0.39 is 22.5 Å². The van der Waals surface area contributed by atoms with Gasteiger partial charge in [0.05, 0.1) is 18.1 Å². The minimum Gasteiger partial charge on any atom is -0.493 e. The molecule has 1 saturated carbocycles. The largest absolute Gasteiger partial charge is 0.493 e. The highest BCUT2D eigenvalue weighted by Gasteiger charge is 2.75. The molecule has 4 aliphatic rings. The Bertz CT molecular complexity index is 1120. The number of rotatable bonds is 1. The molecule has 2 aliphatic heterocycles. The Balaban J connectivity index is 1.59. The highest BCUT2D eigenvalue weighted by atomic mass is 16.5. The first kappa shape index (κ1) is 20.3. The summed E-state index contributed by atoms with van der Waals surface area (Å²) >= 11 is 0. The van der Waals surface area contributed by atoms with E-state index in [1.165, 1.54) is 11.1 Å². The second kappa shape index (κ2) is 6.36. The zero-order valence-electron chi connectivity index (χ0n) is 19.3. The fraction of sp³-hybridized carbons (Fsp3) is 0.519. The lowest BCUT2D eigenvalue weighted by Gasteiger charge is -2.62. The maximum absolute atomic E-state index is 14.4. The van der Waals surface area contributed by atoms with Gasteiger partial charge in [-0.05, 0) is 75.9 Å². The topological polar surface area (TPSA) is 59.0 Å². The molecule has 1 saturated heterocycles. The molecule has 4 atom stereocenters. The van der Waals surface area contributed by atoms with Gasteiger partial charge in [-0.25, -0.2) is 0 Å². The van der Waals surface area contributed by atoms with Gasteiger partial charge >= 0.3 is 0 Å². The van der Waals surface area contributed by atoms with Crippen molar-refractivity contribution in [2.75, 3.05) is 20.7 Å². The molecule has 0 aromatic heterocycles. The number of fused-ring (bicyclic) bond motifs is 2. The number of nitrogens with zero attached hydrogens (tertiary/aromatic N) is 1. The van der Waals surface area contributed by atoms with Crippen LogP contribution < -0.4 is 9.47 Å². The van der Waals surface area contributed by atoms with Gasteiger partial charge in [-0.1, -0.05) is 30.3 Å². The number of ether oxygens (including phenoxy) is 2. The molecule has 2 spiro atoms. The quantitative estimate of drug-likeness (QED) is 0.748. The number of likely N-dealkylation sites (N-methyl/N-ethyl adjacent to an activating group) is 1. The molecular formula is C27H31NO4. The summed E-state index contributed by atoms with van der Waals surface area (Å²) in [5, 5.41) is 12.7. The molecule has 2 heterocycles. The second-order valence-electron chi connectivity index (χ2n) is 10.5. The lowest BCUT2D eigenvalue weighted by Crippen LogP contribution is -2.76. The average molecular weight is 434 g/mol. The van der Waals surface area contributed by atoms with Crippen molar-refractivity contribution in [1.29, 1.82) is 0 Å². The van der Waals surface area contributed by atoms with E-state index >= 15 is 0 Å². The number of piperidine rings is 1. The summed E-state index contributed by atoms with van der Waals surface area (Å²) in [6.07, 6.45) is 1.78. The number of carbonyl (C=O) groups is 1. The number of hydrogen-bond donors (Lipinski definition) is 1. The summed E-state index contributed by atoms with van der Waals surface area (Å²) in [6, 6.07) is 12.2. The Morgan fingerprint density at radius 3 is 2.50 bits per heavy atom. The molecule has 6 rings (SSSR count). The standard InChI is InChI=1S/C27H31NO4/c1-16-9-10-20(31-4)22-21(16)26-11-12-28(3)17(2)27(26,30)15-25(23(29)24(26)32-22)13-18-7-5-6-8-19(18)14-25/h5-10,17,24,30H,11-15H2,1-4H3/t17-,24?,26+,27?/m1/s1. The van der Waals surface area contributed by atoms with Crippen LogP contribution in [0.1, 0.15) is 42.0 Å². The number of aryl methyl sites for hydroxylation is 1. The number of ketones is 1. The summed E-state index contributed by atoms with van der Waals surface area (Å²) in [4.78, 5) is 16.6. The highest BCUT2D eigenvalue weighted by Crippen LogP contribution is 2.66. The van der Waals surface area contributed by atoms with Crippen LogP contribution in [0.25, 0.3) is 0 Å². The van der Waals surface area contributed by atoms with Gasteiger partial charge in [0.2, 0.25) is 0 Å². The van der Waals surface area contributed by atoms with E-state index in [-0.39, 0.29) is 11.8 Å². The van der Waals surface area contributed by atoms with Crippen LogP contribution in [0.3, 0.4) is 0 Å². The molecule has 2 aliphatic carbocycles. The van der Waals surface area contributed by atoms with Crippen LogP contribution in [0.5, 0.6) is 11.5 Å². The van der Waals surface area contributed by atoms with Crippen LogP contribution >= 0.6 is 0 Å². The summed E-state index contributed by atoms with van der Waals surface area (Å²) in [6.45, 7) is 4.97. The lowest BCUT2D eigenvalue weighted by atomic mass is 9.47. The molecule has 32 heavy (non-hydrogen) atoms. The molecule has 2 aromatic carbocycles. The molecule has 2 fully saturated rings. The molecule has 0 radical (unpaired) electrons. The zero-order chi connectivity index (χ0) is 22.5. The van der Waals surface area contributed by atoms with Crippen LogP contribution in [0.15, 0.2) is 36.4 Å². The number of methoxy groups -OCH3 is 1. The van der Waals surface area contributed by atoms with Gasteiger partial charge < -0.3 is 19.5 Å². The maximum atomic E-state index is 14.4. The number of carbonyl (C=O) groups excluding carboxylic acids is 1. The Morgan fingerprint density at radius 1 is 1.16 bits per heavy atom. The van der Waals surface area contributed by atoms with Gasteiger partial charge in [0, 0.05) is 17.0 Å². The van der Waals surface area contributed by atoms with E-state index in [4.69, 9.17) is 9.47 Å². The number of Topliss-reactive ketones (excluding diaryl/α,β-unsaturated/α-hetero) is 1. The third-order valence-electron chi connectivity index (χ3n) is 9.21. The van der Waals surface area contributed by atoms with E-state index in [0.29, 0.717) is 37.2 Å². The molecule has 5 nitrogen and oxygen atoms in total. The van der Waals surface area contributed by atoms with Crippen LogP contribution in [0.4, 0.5) is 0 Å². The summed E-state index contributed by atoms with van der Waals surface area (Å²) in [7, 11) is 3.71. The first-order chi connectivity index (χ1) is 15.3. The van der Waals surface area contributed by atoms with Crippen molar-refractivity contribution >= 4 is 5.78 Å². The van der Waals surface area contributed by atoms with Gasteiger partial charge in [0.15, 0.2) is 23.4 Å². The smallest absolute Gasteiger partial charge is 0.181 e. The van der Waals surface area contributed by atoms with E-state index in [9.17, 15) is 9.90 Å². The van der Waals surface area contributed by atoms with Gasteiger partial charge in [-0.3, -0.25) is 4.79 Å². The fourth-order valence-corrected chi connectivity index (χ4v) is 7.50. The van der Waals surface area contributed by atoms with Gasteiger partial charge in [-0.15, -0.1) is 0 Å². The van der Waals surface area contributed by atoms with Gasteiger partial charge in [0.25, 0.3) is 0 Å². The monoisotopic (exact) mass is 433 g/mol. The molecule has 0 amide bonds. The second-order valence-corrected chi connectivity index (χ2v) is 10.5. The highest BCUT2D eigenvalue weighted by molar-refractivity contribution is 5.95. The maximum Gasteiger partial charge on any atom is 0.181 e. The van der Waals surface area contributed by atoms with Crippen LogP contribution in [0, 0.1) is 12.3 Å². The van der Waals surface area contributed by atoms with Gasteiger partial charge in [-0.2, -0.15) is 0 Å². The van der Waals surface area contributed by atoms with Crippen molar-refractivity contribution in [3.63, 3.8) is 0 Å². The Labute approximate surface area is 189 Å². The number of likely N-dealkylation sites (tertiary alicyclic amines) is 1. The number of benzene rings is 2. The summed E-state index contributed by atoms with van der Waals surface area (Å²) < 4.78 is 12.2. The van der Waals surface area contributed by atoms with Crippen LogP contribution in [0.2, 0.25) is 0 Å².